The number of hydrogen-bond donors (Lipinski definition) is 4. The van der Waals surface area contributed by atoms with E-state index in [1.807, 2.05) is 6.07 Å². The molecule has 0 fully saturated rings. The number of aliphatic carboxylic acids is 2. The summed E-state index contributed by atoms with van der Waals surface area (Å²) in [4.78, 5) is 47.9. The van der Waals surface area contributed by atoms with Crippen molar-refractivity contribution in [1.29, 1.82) is 0 Å². The van der Waals surface area contributed by atoms with Crippen LogP contribution in [0.4, 0.5) is 4.79 Å². The normalized spacial score (nSPS) is 12.2. The van der Waals surface area contributed by atoms with Gasteiger partial charge in [-0.2, -0.15) is 0 Å². The van der Waals surface area contributed by atoms with Crippen LogP contribution in [0, 0.1) is 5.92 Å². The predicted molar refractivity (Wildman–Crippen MR) is 119 cm³/mol. The van der Waals surface area contributed by atoms with Crippen LogP contribution >= 0.6 is 0 Å². The highest BCUT2D eigenvalue weighted by Crippen LogP contribution is 2.15. The summed E-state index contributed by atoms with van der Waals surface area (Å²) in [5, 5.41) is 23.5. The van der Waals surface area contributed by atoms with E-state index in [0.29, 0.717) is 18.4 Å². The summed E-state index contributed by atoms with van der Waals surface area (Å²) in [6.45, 7) is 0.119. The van der Waals surface area contributed by atoms with Crippen LogP contribution in [0.1, 0.15) is 30.4 Å². The summed E-state index contributed by atoms with van der Waals surface area (Å²) in [6.07, 6.45) is -0.163. The Morgan fingerprint density at radius 2 is 1.45 bits per heavy atom. The Labute approximate surface area is 191 Å². The van der Waals surface area contributed by atoms with Crippen molar-refractivity contribution in [2.45, 2.75) is 38.3 Å². The highest BCUT2D eigenvalue weighted by Gasteiger charge is 2.35. The van der Waals surface area contributed by atoms with Crippen LogP contribution in [-0.2, 0) is 32.1 Å². The van der Waals surface area contributed by atoms with Crippen LogP contribution in [-0.4, -0.2) is 46.7 Å². The number of unbranched alkanes of at least 4 members (excludes halogenated alkanes) is 1. The second kappa shape index (κ2) is 13.5. The predicted octanol–water partition coefficient (Wildman–Crippen LogP) is 2.60. The number of ether oxygens (including phenoxy) is 1. The van der Waals surface area contributed by atoms with E-state index < -0.39 is 35.9 Å². The second-order valence-electron chi connectivity index (χ2n) is 7.46. The molecule has 33 heavy (non-hydrogen) atoms. The lowest BCUT2D eigenvalue weighted by Gasteiger charge is -2.24. The smallest absolute Gasteiger partial charge is 0.408 e. The first kappa shape index (κ1) is 25.4. The Kier molecular flexibility index (Phi) is 10.4. The van der Waals surface area contributed by atoms with Crippen molar-refractivity contribution < 1.29 is 34.1 Å². The molecule has 2 atom stereocenters. The first-order valence-corrected chi connectivity index (χ1v) is 10.6. The largest absolute Gasteiger partial charge is 0.481 e. The van der Waals surface area contributed by atoms with Crippen LogP contribution in [0.2, 0.25) is 0 Å². The van der Waals surface area contributed by atoms with Crippen LogP contribution in [0.25, 0.3) is 0 Å². The second-order valence-corrected chi connectivity index (χ2v) is 7.46. The third kappa shape index (κ3) is 9.42. The van der Waals surface area contributed by atoms with Gasteiger partial charge in [-0.15, -0.1) is 0 Å². The monoisotopic (exact) mass is 456 g/mol. The minimum Gasteiger partial charge on any atom is -0.481 e. The number of rotatable bonds is 13. The molecule has 9 heteroatoms. The summed E-state index contributed by atoms with van der Waals surface area (Å²) in [6, 6.07) is 16.3. The van der Waals surface area contributed by atoms with Gasteiger partial charge in [0.25, 0.3) is 0 Å². The third-order valence-electron chi connectivity index (χ3n) is 4.90. The number of benzene rings is 2. The third-order valence-corrected chi connectivity index (χ3v) is 4.90. The molecule has 0 radical (unpaired) electrons. The topological polar surface area (TPSA) is 142 Å². The van der Waals surface area contributed by atoms with Gasteiger partial charge in [-0.05, 0) is 30.4 Å². The van der Waals surface area contributed by atoms with Gasteiger partial charge in [-0.25, -0.2) is 4.79 Å². The van der Waals surface area contributed by atoms with Crippen molar-refractivity contribution >= 4 is 23.9 Å². The molecule has 176 valence electrons. The molecule has 2 aromatic carbocycles. The van der Waals surface area contributed by atoms with Crippen molar-refractivity contribution in [3.8, 4) is 0 Å². The molecule has 1 unspecified atom stereocenters. The van der Waals surface area contributed by atoms with Crippen LogP contribution in [0.3, 0.4) is 0 Å². The summed E-state index contributed by atoms with van der Waals surface area (Å²) >= 11 is 0. The van der Waals surface area contributed by atoms with Gasteiger partial charge in [-0.1, -0.05) is 60.7 Å². The van der Waals surface area contributed by atoms with Crippen LogP contribution < -0.4 is 10.6 Å². The zero-order valence-electron chi connectivity index (χ0n) is 18.1. The Morgan fingerprint density at radius 1 is 0.848 bits per heavy atom. The van der Waals surface area contributed by atoms with E-state index in [-0.39, 0.29) is 26.0 Å². The molecule has 0 spiro atoms. The van der Waals surface area contributed by atoms with E-state index in [0.717, 1.165) is 5.56 Å². The average Bonchev–Trinajstić information content (AvgIpc) is 2.80. The minimum atomic E-state index is -1.38. The highest BCUT2D eigenvalue weighted by atomic mass is 16.5. The lowest BCUT2D eigenvalue weighted by atomic mass is 9.91. The van der Waals surface area contributed by atoms with Gasteiger partial charge in [0.15, 0.2) is 0 Å². The summed E-state index contributed by atoms with van der Waals surface area (Å²) in [7, 11) is 0. The van der Waals surface area contributed by atoms with Gasteiger partial charge >= 0.3 is 18.0 Å². The lowest BCUT2D eigenvalue weighted by molar-refractivity contribution is -0.145. The fraction of sp³-hybridized carbons (Fsp3) is 0.333. The van der Waals surface area contributed by atoms with Gasteiger partial charge in [0, 0.05) is 13.0 Å². The molecule has 2 rings (SSSR count). The number of carboxylic acid groups (broad SMARTS) is 2. The Balaban J connectivity index is 2.07. The number of carboxylic acids is 2. The lowest BCUT2D eigenvalue weighted by Crippen LogP contribution is -2.53. The van der Waals surface area contributed by atoms with Gasteiger partial charge in [-0.3, -0.25) is 14.4 Å². The van der Waals surface area contributed by atoms with E-state index in [2.05, 4.69) is 10.6 Å². The van der Waals surface area contributed by atoms with Gasteiger partial charge in [0.05, 0.1) is 5.92 Å². The molecule has 9 nitrogen and oxygen atoms in total. The molecular formula is C24H28N2O7. The molecule has 0 saturated heterocycles. The SMILES string of the molecule is O=C(O)CCCCNC(=O)[C@@H](NC(=O)OCc1ccccc1)C(Cc1ccccc1)C(=O)O. The van der Waals surface area contributed by atoms with Gasteiger partial charge < -0.3 is 25.6 Å². The molecule has 0 aliphatic carbocycles. The molecular weight excluding hydrogens is 428 g/mol. The average molecular weight is 456 g/mol. The molecule has 2 aromatic rings. The molecule has 0 saturated carbocycles. The molecule has 2 amide bonds. The molecule has 0 aliphatic rings. The van der Waals surface area contributed by atoms with Crippen molar-refractivity contribution in [3.05, 3.63) is 71.8 Å². The molecule has 0 bridgehead atoms. The zero-order valence-corrected chi connectivity index (χ0v) is 18.1. The molecule has 0 heterocycles. The Hall–Kier alpha value is -3.88. The maximum atomic E-state index is 12.8. The summed E-state index contributed by atoms with van der Waals surface area (Å²) in [5.74, 6) is -4.09. The van der Waals surface area contributed by atoms with E-state index in [1.54, 1.807) is 54.6 Å². The fourth-order valence-electron chi connectivity index (χ4n) is 3.18. The molecule has 4 N–H and O–H groups in total. The maximum absolute atomic E-state index is 12.8. The summed E-state index contributed by atoms with van der Waals surface area (Å²) < 4.78 is 5.17. The zero-order chi connectivity index (χ0) is 24.1. The number of alkyl carbamates (subject to hydrolysis) is 1. The summed E-state index contributed by atoms with van der Waals surface area (Å²) in [5.41, 5.74) is 1.44. The molecule has 0 aliphatic heterocycles. The van der Waals surface area contributed by atoms with E-state index in [9.17, 15) is 24.3 Å². The first-order valence-electron chi connectivity index (χ1n) is 10.6. The van der Waals surface area contributed by atoms with Crippen molar-refractivity contribution in [3.63, 3.8) is 0 Å². The fourth-order valence-corrected chi connectivity index (χ4v) is 3.18. The number of carbonyl (C=O) groups is 4. The number of hydrogen-bond acceptors (Lipinski definition) is 5. The van der Waals surface area contributed by atoms with Crippen molar-refractivity contribution in [2.24, 2.45) is 5.92 Å². The molecule has 0 aromatic heterocycles. The number of nitrogens with one attached hydrogen (secondary N) is 2. The van der Waals surface area contributed by atoms with Crippen molar-refractivity contribution in [2.75, 3.05) is 6.54 Å². The van der Waals surface area contributed by atoms with Gasteiger partial charge in [0.2, 0.25) is 5.91 Å². The van der Waals surface area contributed by atoms with Crippen LogP contribution in [0.15, 0.2) is 60.7 Å². The minimum absolute atomic E-state index is 0.0201. The standard InChI is InChI=1S/C24H28N2O7/c27-20(28)13-7-8-14-25-22(29)21(19(23(30)31)15-17-9-3-1-4-10-17)26-24(32)33-16-18-11-5-2-6-12-18/h1-6,9-12,19,21H,7-8,13-16H2,(H,25,29)(H,26,32)(H,27,28)(H,30,31)/t19?,21-/m0/s1. The quantitative estimate of drug-likeness (QED) is 0.339. The van der Waals surface area contributed by atoms with Gasteiger partial charge in [0.1, 0.15) is 12.6 Å². The first-order chi connectivity index (χ1) is 15.9. The Bertz CT molecular complexity index is 919. The van der Waals surface area contributed by atoms with Crippen molar-refractivity contribution in [1.82, 2.24) is 10.6 Å². The van der Waals surface area contributed by atoms with Crippen LogP contribution in [0.5, 0.6) is 0 Å². The highest BCUT2D eigenvalue weighted by molar-refractivity contribution is 5.90. The maximum Gasteiger partial charge on any atom is 0.408 e. The Morgan fingerprint density at radius 3 is 2.03 bits per heavy atom. The van der Waals surface area contributed by atoms with E-state index in [1.165, 1.54) is 0 Å². The van der Waals surface area contributed by atoms with E-state index in [4.69, 9.17) is 9.84 Å². The van der Waals surface area contributed by atoms with E-state index >= 15 is 0 Å². The number of carbonyl (C=O) groups excluding carboxylic acids is 2. The number of amides is 2.